The molecule has 3 aromatic rings. The number of rotatable bonds is 5. The molecule has 170 valence electrons. The predicted octanol–water partition coefficient (Wildman–Crippen LogP) is 4.53. The number of carbonyl (C=O) groups excluding carboxylic acids is 2. The molecule has 33 heavy (non-hydrogen) atoms. The number of halogens is 3. The average Bonchev–Trinajstić information content (AvgIpc) is 3.07. The lowest BCUT2D eigenvalue weighted by Gasteiger charge is -2.19. The van der Waals surface area contributed by atoms with Gasteiger partial charge in [0.15, 0.2) is 0 Å². The number of benzene rings is 1. The number of aryl methyl sites for hydroxylation is 2. The van der Waals surface area contributed by atoms with Gasteiger partial charge in [0.2, 0.25) is 5.88 Å². The number of amides is 3. The van der Waals surface area contributed by atoms with Crippen LogP contribution in [0.1, 0.15) is 23.9 Å². The summed E-state index contributed by atoms with van der Waals surface area (Å²) in [5.41, 5.74) is -0.118. The molecule has 4 rings (SSSR count). The van der Waals surface area contributed by atoms with E-state index in [2.05, 4.69) is 15.0 Å². The van der Waals surface area contributed by atoms with Crippen LogP contribution in [0.4, 0.5) is 29.3 Å². The van der Waals surface area contributed by atoms with Gasteiger partial charge in [0, 0.05) is 18.5 Å². The molecule has 1 saturated heterocycles. The van der Waals surface area contributed by atoms with E-state index in [0.717, 1.165) is 22.1 Å². The summed E-state index contributed by atoms with van der Waals surface area (Å²) in [6, 6.07) is 6.41. The van der Waals surface area contributed by atoms with E-state index < -0.39 is 30.2 Å². The molecule has 3 amide bonds. The first kappa shape index (κ1) is 22.2. The van der Waals surface area contributed by atoms with Crippen molar-refractivity contribution in [1.82, 2.24) is 15.0 Å². The monoisotopic (exact) mass is 457 g/mol. The smallest absolute Gasteiger partial charge is 0.417 e. The van der Waals surface area contributed by atoms with Gasteiger partial charge >= 0.3 is 12.2 Å². The van der Waals surface area contributed by atoms with Gasteiger partial charge in [-0.05, 0) is 43.2 Å². The van der Waals surface area contributed by atoms with Crippen LogP contribution < -0.4 is 14.5 Å². The molecule has 8 nitrogen and oxygen atoms in total. The summed E-state index contributed by atoms with van der Waals surface area (Å²) in [5, 5.41) is 0. The lowest BCUT2D eigenvalue weighted by molar-refractivity contribution is -0.137. The molecule has 3 heterocycles. The maximum atomic E-state index is 13.0. The Balaban J connectivity index is 1.61. The Hall–Kier alpha value is -4.02. The van der Waals surface area contributed by atoms with Crippen molar-refractivity contribution >= 4 is 23.3 Å². The SMILES string of the molecule is CCc1cc(N2C(=O)CN(c3cncc(C(F)(F)F)c3)C2=O)ccc1Oc1ccnc(C)n1. The second kappa shape index (κ2) is 8.49. The molecule has 0 radical (unpaired) electrons. The second-order valence-corrected chi connectivity index (χ2v) is 7.22. The normalized spacial score (nSPS) is 14.2. The second-order valence-electron chi connectivity index (χ2n) is 7.22. The van der Waals surface area contributed by atoms with Gasteiger partial charge in [-0.2, -0.15) is 18.2 Å². The van der Waals surface area contributed by atoms with Crippen LogP contribution in [0, 0.1) is 6.92 Å². The predicted molar refractivity (Wildman–Crippen MR) is 112 cm³/mol. The lowest BCUT2D eigenvalue weighted by Crippen LogP contribution is -2.33. The fourth-order valence-electron chi connectivity index (χ4n) is 3.37. The van der Waals surface area contributed by atoms with Crippen molar-refractivity contribution in [2.24, 2.45) is 0 Å². The topological polar surface area (TPSA) is 88.5 Å². The summed E-state index contributed by atoms with van der Waals surface area (Å²) in [5.74, 6) is 0.818. The van der Waals surface area contributed by atoms with Gasteiger partial charge in [0.05, 0.1) is 23.1 Å². The van der Waals surface area contributed by atoms with Crippen LogP contribution in [0.3, 0.4) is 0 Å². The molecule has 0 N–H and O–H groups in total. The number of carbonyl (C=O) groups is 2. The van der Waals surface area contributed by atoms with Gasteiger partial charge in [-0.1, -0.05) is 6.92 Å². The van der Waals surface area contributed by atoms with E-state index in [1.54, 1.807) is 31.3 Å². The van der Waals surface area contributed by atoms with Crippen molar-refractivity contribution in [2.75, 3.05) is 16.3 Å². The molecule has 11 heteroatoms. The fourth-order valence-corrected chi connectivity index (χ4v) is 3.37. The van der Waals surface area contributed by atoms with E-state index in [4.69, 9.17) is 4.74 Å². The van der Waals surface area contributed by atoms with Crippen LogP contribution in [0.5, 0.6) is 11.6 Å². The van der Waals surface area contributed by atoms with Crippen LogP contribution in [-0.4, -0.2) is 33.4 Å². The van der Waals surface area contributed by atoms with Gasteiger partial charge in [0.1, 0.15) is 18.1 Å². The Bertz CT molecular complexity index is 1230. The Morgan fingerprint density at radius 2 is 1.88 bits per heavy atom. The molecule has 0 aliphatic carbocycles. The number of pyridine rings is 1. The Labute approximate surface area is 186 Å². The number of anilines is 2. The minimum absolute atomic E-state index is 0.111. The molecule has 0 saturated carbocycles. The molecule has 1 aliphatic rings. The fraction of sp³-hybridized carbons (Fsp3) is 0.227. The highest BCUT2D eigenvalue weighted by molar-refractivity contribution is 6.26. The zero-order chi connectivity index (χ0) is 23.8. The first-order chi connectivity index (χ1) is 15.7. The summed E-state index contributed by atoms with van der Waals surface area (Å²) in [6.45, 7) is 3.21. The van der Waals surface area contributed by atoms with Gasteiger partial charge < -0.3 is 4.74 Å². The maximum absolute atomic E-state index is 13.0. The van der Waals surface area contributed by atoms with Crippen LogP contribution in [0.25, 0.3) is 0 Å². The zero-order valence-corrected chi connectivity index (χ0v) is 17.6. The van der Waals surface area contributed by atoms with E-state index >= 15 is 0 Å². The third-order valence-corrected chi connectivity index (χ3v) is 4.98. The average molecular weight is 457 g/mol. The van der Waals surface area contributed by atoms with Crippen molar-refractivity contribution in [3.63, 3.8) is 0 Å². The molecule has 2 aromatic heterocycles. The highest BCUT2D eigenvalue weighted by Crippen LogP contribution is 2.34. The van der Waals surface area contributed by atoms with Gasteiger partial charge in [-0.3, -0.25) is 14.7 Å². The summed E-state index contributed by atoms with van der Waals surface area (Å²) in [6.07, 6.45) is -0.748. The number of hydrogen-bond donors (Lipinski definition) is 0. The molecular formula is C22H18F3N5O3. The lowest BCUT2D eigenvalue weighted by atomic mass is 10.1. The molecule has 0 atom stereocenters. The largest absolute Gasteiger partial charge is 0.439 e. The van der Waals surface area contributed by atoms with Crippen LogP contribution in [-0.2, 0) is 17.4 Å². The highest BCUT2D eigenvalue weighted by Gasteiger charge is 2.39. The Morgan fingerprint density at radius 1 is 1.09 bits per heavy atom. The molecule has 0 spiro atoms. The number of imide groups is 1. The number of ether oxygens (including phenoxy) is 1. The first-order valence-corrected chi connectivity index (χ1v) is 9.94. The van der Waals surface area contributed by atoms with Crippen molar-refractivity contribution in [2.45, 2.75) is 26.4 Å². The quantitative estimate of drug-likeness (QED) is 0.523. The van der Waals surface area contributed by atoms with Gasteiger partial charge in [-0.25, -0.2) is 14.7 Å². The van der Waals surface area contributed by atoms with Crippen molar-refractivity contribution < 1.29 is 27.5 Å². The standard InChI is InChI=1S/C22H18F3N5O3/c1-3-14-8-16(4-5-18(14)33-19-6-7-27-13(2)28-19)30-20(31)12-29(21(30)32)17-9-15(10-26-11-17)22(23,24)25/h4-11H,3,12H2,1-2H3. The van der Waals surface area contributed by atoms with E-state index in [1.807, 2.05) is 6.92 Å². The maximum Gasteiger partial charge on any atom is 0.417 e. The molecule has 0 bridgehead atoms. The van der Waals surface area contributed by atoms with E-state index in [0.29, 0.717) is 35.6 Å². The number of alkyl halides is 3. The third kappa shape index (κ3) is 4.47. The Kier molecular flexibility index (Phi) is 5.71. The van der Waals surface area contributed by atoms with Crippen molar-refractivity contribution in [3.8, 4) is 11.6 Å². The zero-order valence-electron chi connectivity index (χ0n) is 17.6. The minimum atomic E-state index is -4.62. The molecule has 1 aliphatic heterocycles. The minimum Gasteiger partial charge on any atom is -0.439 e. The van der Waals surface area contributed by atoms with Crippen LogP contribution in [0.15, 0.2) is 48.9 Å². The molecular weight excluding hydrogens is 439 g/mol. The molecule has 1 aromatic carbocycles. The van der Waals surface area contributed by atoms with Gasteiger partial charge in [-0.15, -0.1) is 0 Å². The molecule has 1 fully saturated rings. The summed E-state index contributed by atoms with van der Waals surface area (Å²) in [7, 11) is 0. The van der Waals surface area contributed by atoms with E-state index in [-0.39, 0.29) is 11.4 Å². The number of nitrogens with zero attached hydrogens (tertiary/aromatic N) is 5. The number of urea groups is 1. The number of hydrogen-bond acceptors (Lipinski definition) is 6. The van der Waals surface area contributed by atoms with E-state index in [1.165, 1.54) is 6.07 Å². The third-order valence-electron chi connectivity index (χ3n) is 4.98. The van der Waals surface area contributed by atoms with Crippen LogP contribution >= 0.6 is 0 Å². The van der Waals surface area contributed by atoms with Crippen LogP contribution in [0.2, 0.25) is 0 Å². The summed E-state index contributed by atoms with van der Waals surface area (Å²) >= 11 is 0. The highest BCUT2D eigenvalue weighted by atomic mass is 19.4. The van der Waals surface area contributed by atoms with Crippen molar-refractivity contribution in [1.29, 1.82) is 0 Å². The van der Waals surface area contributed by atoms with Crippen molar-refractivity contribution in [3.05, 3.63) is 65.9 Å². The molecule has 0 unspecified atom stereocenters. The summed E-state index contributed by atoms with van der Waals surface area (Å²) in [4.78, 5) is 39.3. The summed E-state index contributed by atoms with van der Waals surface area (Å²) < 4.78 is 44.9. The first-order valence-electron chi connectivity index (χ1n) is 9.94. The van der Waals surface area contributed by atoms with E-state index in [9.17, 15) is 22.8 Å². The number of aromatic nitrogens is 3. The van der Waals surface area contributed by atoms with Gasteiger partial charge in [0.25, 0.3) is 5.91 Å². The Morgan fingerprint density at radius 3 is 2.58 bits per heavy atom.